The van der Waals surface area contributed by atoms with Crippen LogP contribution in [0.5, 0.6) is 0 Å². The number of hydrogen-bond acceptors (Lipinski definition) is 10. The number of aryl methyl sites for hydroxylation is 1. The topological polar surface area (TPSA) is 163 Å². The van der Waals surface area contributed by atoms with Gasteiger partial charge in [0.2, 0.25) is 5.95 Å². The van der Waals surface area contributed by atoms with E-state index >= 15 is 0 Å². The summed E-state index contributed by atoms with van der Waals surface area (Å²) in [5.41, 5.74) is 0.166. The summed E-state index contributed by atoms with van der Waals surface area (Å²) < 4.78 is 70.8. The summed E-state index contributed by atoms with van der Waals surface area (Å²) in [6, 6.07) is 6.39. The number of anilines is 2. The molecule has 44 heavy (non-hydrogen) atoms. The second-order valence-electron chi connectivity index (χ2n) is 10.3. The second-order valence-corrected chi connectivity index (χ2v) is 11.3. The molecule has 18 heteroatoms. The zero-order valence-electron chi connectivity index (χ0n) is 23.1. The molecule has 11 nitrogen and oxygen atoms in total. The van der Waals surface area contributed by atoms with E-state index in [9.17, 15) is 31.4 Å². The number of aliphatic hydroxyl groups is 1. The number of H-pyrrole nitrogens is 1. The molecule has 5 rings (SSSR count). The lowest BCUT2D eigenvalue weighted by molar-refractivity contribution is -0.192. The van der Waals surface area contributed by atoms with Crippen molar-refractivity contribution in [2.24, 2.45) is 5.92 Å². The minimum atomic E-state index is -5.08. The average molecular weight is 645 g/mol. The predicted molar refractivity (Wildman–Crippen MR) is 145 cm³/mol. The Bertz CT molecular complexity index is 1570. The number of aromatic nitrogens is 7. The molecule has 0 unspecified atom stereocenters. The van der Waals surface area contributed by atoms with E-state index in [1.807, 2.05) is 19.9 Å². The van der Waals surface area contributed by atoms with Crippen LogP contribution in [0.15, 0.2) is 36.7 Å². The van der Waals surface area contributed by atoms with Gasteiger partial charge in [-0.2, -0.15) is 31.6 Å². The van der Waals surface area contributed by atoms with Crippen LogP contribution < -0.4 is 5.32 Å². The van der Waals surface area contributed by atoms with Crippen LogP contribution in [0.2, 0.25) is 0 Å². The quantitative estimate of drug-likeness (QED) is 0.183. The van der Waals surface area contributed by atoms with Crippen LogP contribution in [-0.2, 0) is 16.6 Å². The Kier molecular flexibility index (Phi) is 9.53. The Morgan fingerprint density at radius 1 is 1.07 bits per heavy atom. The van der Waals surface area contributed by atoms with Gasteiger partial charge < -0.3 is 15.5 Å². The van der Waals surface area contributed by atoms with Crippen LogP contribution in [0.1, 0.15) is 60.6 Å². The van der Waals surface area contributed by atoms with Gasteiger partial charge in [-0.15, -0.1) is 21.5 Å². The van der Waals surface area contributed by atoms with Crippen molar-refractivity contribution in [1.82, 2.24) is 35.6 Å². The van der Waals surface area contributed by atoms with Crippen molar-refractivity contribution in [3.05, 3.63) is 58.7 Å². The molecule has 0 bridgehead atoms. The Morgan fingerprint density at radius 3 is 2.34 bits per heavy atom. The first-order valence-electron chi connectivity index (χ1n) is 13.1. The highest BCUT2D eigenvalue weighted by molar-refractivity contribution is 7.15. The summed E-state index contributed by atoms with van der Waals surface area (Å²) in [6.45, 7) is 3.70. The number of alkyl halides is 6. The minimum Gasteiger partial charge on any atom is -0.475 e. The van der Waals surface area contributed by atoms with Crippen molar-refractivity contribution < 1.29 is 41.4 Å². The number of aromatic amines is 1. The molecule has 1 aliphatic carbocycles. The number of carboxylic acid groups (broad SMARTS) is 1. The smallest absolute Gasteiger partial charge is 0.475 e. The molecule has 3 heterocycles. The van der Waals surface area contributed by atoms with Crippen molar-refractivity contribution in [2.75, 3.05) is 5.32 Å². The zero-order chi connectivity index (χ0) is 32.3. The largest absolute Gasteiger partial charge is 0.490 e. The van der Waals surface area contributed by atoms with Gasteiger partial charge in [0.15, 0.2) is 5.82 Å². The average Bonchev–Trinajstić information content (AvgIpc) is 3.66. The van der Waals surface area contributed by atoms with Gasteiger partial charge >= 0.3 is 18.3 Å². The summed E-state index contributed by atoms with van der Waals surface area (Å²) >= 11 is 1.41. The summed E-state index contributed by atoms with van der Waals surface area (Å²) in [7, 11) is 0. The van der Waals surface area contributed by atoms with Crippen LogP contribution in [-0.4, -0.2) is 57.9 Å². The van der Waals surface area contributed by atoms with Gasteiger partial charge in [-0.05, 0) is 74.8 Å². The third-order valence-corrected chi connectivity index (χ3v) is 8.27. The lowest BCUT2D eigenvalue weighted by atomic mass is 9.74. The first-order chi connectivity index (χ1) is 20.5. The van der Waals surface area contributed by atoms with Crippen molar-refractivity contribution >= 4 is 28.9 Å². The third kappa shape index (κ3) is 8.04. The van der Waals surface area contributed by atoms with Crippen molar-refractivity contribution in [1.29, 1.82) is 0 Å². The van der Waals surface area contributed by atoms with E-state index in [1.54, 1.807) is 18.3 Å². The molecule has 0 amide bonds. The fourth-order valence-corrected chi connectivity index (χ4v) is 5.80. The highest BCUT2D eigenvalue weighted by Crippen LogP contribution is 2.45. The Morgan fingerprint density at radius 2 is 1.75 bits per heavy atom. The van der Waals surface area contributed by atoms with Gasteiger partial charge in [-0.25, -0.2) is 19.7 Å². The molecule has 0 aliphatic heterocycles. The zero-order valence-corrected chi connectivity index (χ0v) is 23.9. The number of hydrogen-bond donors (Lipinski definition) is 4. The first-order valence-corrected chi connectivity index (χ1v) is 13.9. The summed E-state index contributed by atoms with van der Waals surface area (Å²) in [4.78, 5) is 21.8. The van der Waals surface area contributed by atoms with E-state index in [0.717, 1.165) is 54.0 Å². The second kappa shape index (κ2) is 12.8. The van der Waals surface area contributed by atoms with Crippen molar-refractivity contribution in [2.45, 2.75) is 63.4 Å². The number of nitrogens with one attached hydrogen (secondary N) is 2. The normalized spacial score (nSPS) is 18.6. The molecule has 236 valence electrons. The highest BCUT2D eigenvalue weighted by atomic mass is 32.1. The van der Waals surface area contributed by atoms with E-state index < -0.39 is 29.6 Å². The number of benzene rings is 1. The number of tetrazole rings is 1. The predicted octanol–water partition coefficient (Wildman–Crippen LogP) is 6.00. The highest BCUT2D eigenvalue weighted by Gasteiger charge is 2.40. The van der Waals surface area contributed by atoms with Gasteiger partial charge in [0, 0.05) is 24.0 Å². The lowest BCUT2D eigenvalue weighted by Crippen LogP contribution is -2.34. The number of carboxylic acids is 1. The minimum absolute atomic E-state index is 0.0439. The van der Waals surface area contributed by atoms with Gasteiger partial charge in [-0.1, -0.05) is 11.3 Å². The van der Waals surface area contributed by atoms with Crippen LogP contribution in [0, 0.1) is 12.8 Å². The number of carbonyl (C=O) groups is 1. The van der Waals surface area contributed by atoms with E-state index in [2.05, 4.69) is 40.9 Å². The van der Waals surface area contributed by atoms with Crippen LogP contribution in [0.3, 0.4) is 0 Å². The molecule has 0 spiro atoms. The van der Waals surface area contributed by atoms with Crippen molar-refractivity contribution in [3.8, 4) is 10.4 Å². The van der Waals surface area contributed by atoms with Crippen LogP contribution >= 0.6 is 11.3 Å². The number of nitrogens with zero attached hydrogens (tertiary/aromatic N) is 6. The van der Waals surface area contributed by atoms with E-state index in [0.29, 0.717) is 16.5 Å². The molecule has 1 aromatic carbocycles. The summed E-state index contributed by atoms with van der Waals surface area (Å²) in [6.07, 6.45) is -3.49. The number of rotatable bonds is 6. The third-order valence-electron chi connectivity index (χ3n) is 6.99. The van der Waals surface area contributed by atoms with E-state index in [4.69, 9.17) is 9.90 Å². The van der Waals surface area contributed by atoms with Gasteiger partial charge in [0.05, 0.1) is 4.88 Å². The van der Waals surface area contributed by atoms with E-state index in [1.165, 1.54) is 11.3 Å². The maximum absolute atomic E-state index is 13.0. The monoisotopic (exact) mass is 644 g/mol. The molecule has 1 atom stereocenters. The number of aliphatic carboxylic acids is 1. The molecule has 4 aromatic rings. The standard InChI is InChI=1S/C24H25F3N8OS.C2HF3O2/c1-13-9-15(11-17(10-13)30-22-28-8-7-19(31-22)24(25,26)27)18-12-29-21(37-18)23(2,36)16-5-3-14(4-6-16)20-32-34-35-33-20;3-2(4,5)1(6)7/h7-12,14,16,36H,3-6H2,1-2H3,(H,28,30,31)(H,32,33,34,35);(H,6,7)/t14-,16-,23-;/m1./s1. The summed E-state index contributed by atoms with van der Waals surface area (Å²) in [5, 5.41) is 36.4. The van der Waals surface area contributed by atoms with Crippen molar-refractivity contribution in [3.63, 3.8) is 0 Å². The molecule has 3 aromatic heterocycles. The Labute approximate surface area is 249 Å². The molecule has 1 aliphatic rings. The fraction of sp³-hybridized carbons (Fsp3) is 0.423. The first kappa shape index (κ1) is 32.7. The lowest BCUT2D eigenvalue weighted by Gasteiger charge is -2.36. The molecule has 4 N–H and O–H groups in total. The molecule has 0 radical (unpaired) electrons. The molecule has 0 saturated heterocycles. The van der Waals surface area contributed by atoms with Crippen LogP contribution in [0.4, 0.5) is 38.0 Å². The van der Waals surface area contributed by atoms with Crippen LogP contribution in [0.25, 0.3) is 10.4 Å². The molecule has 1 saturated carbocycles. The SMILES string of the molecule is Cc1cc(Nc2nccc(C(F)(F)F)n2)cc(-c2cnc([C@](C)(O)[C@H]3CC[C@H](c4nn[nH]n4)CC3)s2)c1.O=C(O)C(F)(F)F. The van der Waals surface area contributed by atoms with Gasteiger partial charge in [0.1, 0.15) is 16.3 Å². The maximum Gasteiger partial charge on any atom is 0.490 e. The summed E-state index contributed by atoms with van der Waals surface area (Å²) in [5.74, 6) is -1.91. The number of halogens is 6. The Balaban J connectivity index is 0.000000566. The Hall–Kier alpha value is -4.19. The van der Waals surface area contributed by atoms with Gasteiger partial charge in [-0.3, -0.25) is 0 Å². The fourth-order valence-electron chi connectivity index (χ4n) is 4.78. The van der Waals surface area contributed by atoms with Gasteiger partial charge in [0.25, 0.3) is 0 Å². The maximum atomic E-state index is 13.0. The molecular weight excluding hydrogens is 618 g/mol. The molecule has 1 fully saturated rings. The van der Waals surface area contributed by atoms with E-state index in [-0.39, 0.29) is 17.8 Å². The number of thiazole rings is 1. The molecular formula is C26H26F6N8O3S.